The average Bonchev–Trinajstić information content (AvgIpc) is 2.67. The Morgan fingerprint density at radius 1 is 1.76 bits per heavy atom. The minimum atomic E-state index is -0.658. The molecule has 0 saturated heterocycles. The zero-order chi connectivity index (χ0) is 13.0. The van der Waals surface area contributed by atoms with Crippen molar-refractivity contribution in [2.75, 3.05) is 13.2 Å². The van der Waals surface area contributed by atoms with E-state index in [1.54, 1.807) is 6.92 Å². The second kappa shape index (κ2) is 5.39. The van der Waals surface area contributed by atoms with Crippen molar-refractivity contribution in [1.29, 1.82) is 0 Å². The number of nitro groups is 1. The number of aliphatic hydroxyl groups is 1. The van der Waals surface area contributed by atoms with Crippen LogP contribution in [-0.2, 0) is 4.79 Å². The van der Waals surface area contributed by atoms with E-state index in [2.05, 4.69) is 10.4 Å². The maximum atomic E-state index is 11.5. The van der Waals surface area contributed by atoms with Gasteiger partial charge >= 0.3 is 5.69 Å². The van der Waals surface area contributed by atoms with Gasteiger partial charge in [0.15, 0.2) is 0 Å². The molecule has 1 rings (SSSR count). The predicted molar refractivity (Wildman–Crippen MR) is 58.4 cm³/mol. The van der Waals surface area contributed by atoms with Crippen LogP contribution in [0.1, 0.15) is 18.7 Å². The summed E-state index contributed by atoms with van der Waals surface area (Å²) in [6.45, 7) is 3.07. The van der Waals surface area contributed by atoms with E-state index in [-0.39, 0.29) is 30.4 Å². The quantitative estimate of drug-likeness (QED) is 0.547. The first-order chi connectivity index (χ1) is 7.97. The van der Waals surface area contributed by atoms with Crippen molar-refractivity contribution in [3.63, 3.8) is 0 Å². The lowest BCUT2D eigenvalue weighted by molar-refractivity contribution is -0.385. The maximum Gasteiger partial charge on any atom is 0.309 e. The van der Waals surface area contributed by atoms with E-state index < -0.39 is 11.0 Å². The van der Waals surface area contributed by atoms with Gasteiger partial charge in [0.25, 0.3) is 0 Å². The highest BCUT2D eigenvalue weighted by Gasteiger charge is 2.21. The molecule has 1 unspecified atom stereocenters. The third kappa shape index (κ3) is 3.00. The third-order valence-electron chi connectivity index (χ3n) is 2.27. The fourth-order valence-electron chi connectivity index (χ4n) is 1.30. The minimum absolute atomic E-state index is 0.119. The summed E-state index contributed by atoms with van der Waals surface area (Å²) in [7, 11) is 0. The van der Waals surface area contributed by atoms with Gasteiger partial charge in [-0.25, -0.2) is 0 Å². The van der Waals surface area contributed by atoms with Crippen LogP contribution in [0.15, 0.2) is 6.20 Å². The molecular formula is C9H14N4O4. The lowest BCUT2D eigenvalue weighted by atomic mass is 10.3. The number of carbonyl (C=O) groups excluding carboxylic acids is 1. The van der Waals surface area contributed by atoms with Crippen molar-refractivity contribution in [1.82, 2.24) is 15.1 Å². The number of nitrogens with zero attached hydrogens (tertiary/aromatic N) is 3. The van der Waals surface area contributed by atoms with E-state index in [0.717, 1.165) is 0 Å². The summed E-state index contributed by atoms with van der Waals surface area (Å²) >= 11 is 0. The number of hydrogen-bond donors (Lipinski definition) is 2. The summed E-state index contributed by atoms with van der Waals surface area (Å²) in [5.74, 6) is -0.351. The van der Waals surface area contributed by atoms with Crippen LogP contribution in [0.5, 0.6) is 0 Å². The first-order valence-electron chi connectivity index (χ1n) is 5.06. The summed E-state index contributed by atoms with van der Waals surface area (Å²) in [6, 6.07) is -0.658. The molecule has 8 heteroatoms. The van der Waals surface area contributed by atoms with Crippen molar-refractivity contribution in [2.24, 2.45) is 0 Å². The second-order valence-corrected chi connectivity index (χ2v) is 3.53. The van der Waals surface area contributed by atoms with E-state index in [0.29, 0.717) is 0 Å². The van der Waals surface area contributed by atoms with Crippen LogP contribution in [0.2, 0.25) is 0 Å². The van der Waals surface area contributed by atoms with Gasteiger partial charge in [0.05, 0.1) is 11.5 Å². The molecule has 1 atom stereocenters. The van der Waals surface area contributed by atoms with Gasteiger partial charge in [0.2, 0.25) is 5.91 Å². The number of aryl methyl sites for hydroxylation is 1. The molecule has 17 heavy (non-hydrogen) atoms. The Labute approximate surface area is 97.4 Å². The third-order valence-corrected chi connectivity index (χ3v) is 2.27. The Bertz CT molecular complexity index is 429. The standard InChI is InChI=1S/C9H14N4O4/c1-6-8(13(16)17)5-12(11-6)7(2)9(15)10-3-4-14/h5,7,14H,3-4H2,1-2H3,(H,10,15). The average molecular weight is 242 g/mol. The Balaban J connectivity index is 2.82. The summed E-state index contributed by atoms with van der Waals surface area (Å²) in [6.07, 6.45) is 1.22. The van der Waals surface area contributed by atoms with Gasteiger partial charge < -0.3 is 10.4 Å². The number of rotatable bonds is 5. The Hall–Kier alpha value is -1.96. The Kier molecular flexibility index (Phi) is 4.16. The van der Waals surface area contributed by atoms with Crippen molar-refractivity contribution in [2.45, 2.75) is 19.9 Å². The molecular weight excluding hydrogens is 228 g/mol. The van der Waals surface area contributed by atoms with Gasteiger partial charge in [-0.05, 0) is 13.8 Å². The highest BCUT2D eigenvalue weighted by Crippen LogP contribution is 2.18. The first-order valence-corrected chi connectivity index (χ1v) is 5.06. The van der Waals surface area contributed by atoms with Gasteiger partial charge in [0, 0.05) is 6.54 Å². The topological polar surface area (TPSA) is 110 Å². The van der Waals surface area contributed by atoms with Crippen molar-refractivity contribution < 1.29 is 14.8 Å². The Morgan fingerprint density at radius 2 is 2.41 bits per heavy atom. The van der Waals surface area contributed by atoms with Crippen molar-refractivity contribution in [3.8, 4) is 0 Å². The fourth-order valence-corrected chi connectivity index (χ4v) is 1.30. The molecule has 1 aromatic heterocycles. The minimum Gasteiger partial charge on any atom is -0.395 e. The van der Waals surface area contributed by atoms with Gasteiger partial charge in [-0.1, -0.05) is 0 Å². The molecule has 0 aliphatic rings. The predicted octanol–water partition coefficient (Wildman–Crippen LogP) is -0.231. The van der Waals surface area contributed by atoms with Crippen LogP contribution in [0.3, 0.4) is 0 Å². The van der Waals surface area contributed by atoms with E-state index in [1.807, 2.05) is 0 Å². The highest BCUT2D eigenvalue weighted by molar-refractivity contribution is 5.79. The van der Waals surface area contributed by atoms with Crippen LogP contribution in [-0.4, -0.2) is 38.9 Å². The molecule has 1 amide bonds. The van der Waals surface area contributed by atoms with Crippen LogP contribution in [0.4, 0.5) is 5.69 Å². The molecule has 2 N–H and O–H groups in total. The molecule has 0 aliphatic heterocycles. The monoisotopic (exact) mass is 242 g/mol. The van der Waals surface area contributed by atoms with Gasteiger partial charge in [-0.15, -0.1) is 0 Å². The number of nitrogens with one attached hydrogen (secondary N) is 1. The zero-order valence-corrected chi connectivity index (χ0v) is 9.58. The molecule has 94 valence electrons. The van der Waals surface area contributed by atoms with Gasteiger partial charge in [-0.3, -0.25) is 19.6 Å². The molecule has 0 aromatic carbocycles. The van der Waals surface area contributed by atoms with Gasteiger partial charge in [0.1, 0.15) is 17.9 Å². The van der Waals surface area contributed by atoms with Crippen LogP contribution >= 0.6 is 0 Å². The number of amides is 1. The molecule has 0 aliphatic carbocycles. The van der Waals surface area contributed by atoms with Crippen LogP contribution < -0.4 is 5.32 Å². The zero-order valence-electron chi connectivity index (χ0n) is 9.58. The lowest BCUT2D eigenvalue weighted by Gasteiger charge is -2.11. The Morgan fingerprint density at radius 3 is 2.88 bits per heavy atom. The molecule has 0 radical (unpaired) electrons. The van der Waals surface area contributed by atoms with Crippen molar-refractivity contribution in [3.05, 3.63) is 22.0 Å². The summed E-state index contributed by atoms with van der Waals surface area (Å²) in [5, 5.41) is 25.6. The van der Waals surface area contributed by atoms with Crippen molar-refractivity contribution >= 4 is 11.6 Å². The summed E-state index contributed by atoms with van der Waals surface area (Å²) in [5.41, 5.74) is 0.142. The van der Waals surface area contributed by atoms with Crippen LogP contribution in [0.25, 0.3) is 0 Å². The summed E-state index contributed by atoms with van der Waals surface area (Å²) in [4.78, 5) is 21.6. The normalized spacial score (nSPS) is 12.2. The molecule has 0 spiro atoms. The molecule has 1 aromatic rings. The van der Waals surface area contributed by atoms with Gasteiger partial charge in [-0.2, -0.15) is 5.10 Å². The molecule has 1 heterocycles. The summed E-state index contributed by atoms with van der Waals surface area (Å²) < 4.78 is 1.24. The van der Waals surface area contributed by atoms with E-state index in [9.17, 15) is 14.9 Å². The molecule has 0 bridgehead atoms. The lowest BCUT2D eigenvalue weighted by Crippen LogP contribution is -2.33. The number of aliphatic hydroxyl groups excluding tert-OH is 1. The van der Waals surface area contributed by atoms with E-state index in [1.165, 1.54) is 17.8 Å². The number of aromatic nitrogens is 2. The molecule has 0 saturated carbocycles. The molecule has 0 fully saturated rings. The smallest absolute Gasteiger partial charge is 0.309 e. The fraction of sp³-hybridized carbons (Fsp3) is 0.556. The molecule has 8 nitrogen and oxygen atoms in total. The first kappa shape index (κ1) is 13.1. The maximum absolute atomic E-state index is 11.5. The van der Waals surface area contributed by atoms with E-state index in [4.69, 9.17) is 5.11 Å². The SMILES string of the molecule is Cc1nn(C(C)C(=O)NCCO)cc1[N+](=O)[O-]. The largest absolute Gasteiger partial charge is 0.395 e. The van der Waals surface area contributed by atoms with Crippen LogP contribution in [0, 0.1) is 17.0 Å². The number of carbonyl (C=O) groups is 1. The highest BCUT2D eigenvalue weighted by atomic mass is 16.6. The second-order valence-electron chi connectivity index (χ2n) is 3.53. The van der Waals surface area contributed by atoms with E-state index >= 15 is 0 Å². The number of hydrogen-bond acceptors (Lipinski definition) is 5.